The third kappa shape index (κ3) is 4.37. The van der Waals surface area contributed by atoms with Crippen molar-refractivity contribution >= 4 is 23.1 Å². The van der Waals surface area contributed by atoms with Gasteiger partial charge in [0, 0.05) is 23.5 Å². The number of fused-ring (bicyclic) bond motifs is 1. The van der Waals surface area contributed by atoms with Gasteiger partial charge >= 0.3 is 0 Å². The van der Waals surface area contributed by atoms with Crippen molar-refractivity contribution in [2.24, 2.45) is 0 Å². The molecule has 1 unspecified atom stereocenters. The predicted octanol–water partition coefficient (Wildman–Crippen LogP) is 5.01. The van der Waals surface area contributed by atoms with E-state index in [1.54, 1.807) is 66.9 Å². The van der Waals surface area contributed by atoms with Crippen molar-refractivity contribution in [2.75, 3.05) is 18.3 Å². The number of Topliss-reactive ketones (excluding diaryl/α,β-unsaturated/α-hetero) is 1. The molecule has 2 aliphatic rings. The van der Waals surface area contributed by atoms with Crippen LogP contribution in [0.5, 0.6) is 17.2 Å². The Bertz CT molecular complexity index is 1300. The lowest BCUT2D eigenvalue weighted by Gasteiger charge is -2.24. The number of ketones is 1. The highest BCUT2D eigenvalue weighted by atomic mass is 16.7. The number of hydrogen-bond donors (Lipinski definition) is 1. The zero-order valence-corrected chi connectivity index (χ0v) is 19.8. The lowest BCUT2D eigenvalue weighted by Crippen LogP contribution is -2.29. The number of aliphatic hydroxyl groups excluding tert-OH is 1. The maximum Gasteiger partial charge on any atom is 0.300 e. The molecule has 1 saturated heterocycles. The summed E-state index contributed by atoms with van der Waals surface area (Å²) in [5.41, 5.74) is 1.26. The van der Waals surface area contributed by atoms with Crippen LogP contribution in [0.3, 0.4) is 0 Å². The molecule has 8 heteroatoms. The number of pyridine rings is 1. The highest BCUT2D eigenvalue weighted by molar-refractivity contribution is 6.51. The molecule has 1 aromatic heterocycles. The van der Waals surface area contributed by atoms with Gasteiger partial charge in [0.05, 0.1) is 17.9 Å². The number of ether oxygens (including phenoxy) is 3. The van der Waals surface area contributed by atoms with E-state index in [2.05, 4.69) is 11.9 Å². The van der Waals surface area contributed by atoms with Crippen LogP contribution in [0.2, 0.25) is 0 Å². The molecule has 0 radical (unpaired) electrons. The minimum Gasteiger partial charge on any atom is -0.507 e. The zero-order valence-electron chi connectivity index (χ0n) is 19.8. The van der Waals surface area contributed by atoms with E-state index in [-0.39, 0.29) is 18.1 Å². The van der Waals surface area contributed by atoms with E-state index in [0.717, 1.165) is 19.3 Å². The number of carbonyl (C=O) groups excluding carboxylic acids is 2. The summed E-state index contributed by atoms with van der Waals surface area (Å²) in [6.07, 6.45) is 4.75. The molecule has 8 nitrogen and oxygen atoms in total. The molecule has 1 N–H and O–H groups in total. The SMILES string of the molecule is CCCCCOc1ccc(/C(O)=C2\C(=O)C(=O)N(c3ccc4c(c3)OCO4)C2c2ccccn2)cc1. The van der Waals surface area contributed by atoms with Gasteiger partial charge in [-0.05, 0) is 55.0 Å². The van der Waals surface area contributed by atoms with Gasteiger partial charge in [0.25, 0.3) is 11.7 Å². The van der Waals surface area contributed by atoms with Gasteiger partial charge in [-0.15, -0.1) is 0 Å². The van der Waals surface area contributed by atoms with Crippen molar-refractivity contribution in [3.63, 3.8) is 0 Å². The Labute approximate surface area is 208 Å². The lowest BCUT2D eigenvalue weighted by atomic mass is 9.98. The van der Waals surface area contributed by atoms with Crippen molar-refractivity contribution in [2.45, 2.75) is 32.2 Å². The van der Waals surface area contributed by atoms with Gasteiger partial charge in [-0.1, -0.05) is 25.8 Å². The molecule has 2 aliphatic heterocycles. The molecule has 184 valence electrons. The highest BCUT2D eigenvalue weighted by Gasteiger charge is 2.47. The van der Waals surface area contributed by atoms with Gasteiger partial charge in [-0.2, -0.15) is 0 Å². The van der Waals surface area contributed by atoms with Crippen LogP contribution in [-0.4, -0.2) is 35.2 Å². The summed E-state index contributed by atoms with van der Waals surface area (Å²) in [5, 5.41) is 11.3. The maximum absolute atomic E-state index is 13.3. The smallest absolute Gasteiger partial charge is 0.300 e. The number of carbonyl (C=O) groups is 2. The second-order valence-corrected chi connectivity index (χ2v) is 8.54. The molecule has 5 rings (SSSR count). The molecule has 0 spiro atoms. The van der Waals surface area contributed by atoms with Crippen molar-refractivity contribution in [1.82, 2.24) is 4.98 Å². The molecule has 1 atom stereocenters. The number of amides is 1. The van der Waals surface area contributed by atoms with E-state index in [1.807, 2.05) is 0 Å². The fraction of sp³-hybridized carbons (Fsp3) is 0.250. The summed E-state index contributed by atoms with van der Waals surface area (Å²) < 4.78 is 16.6. The topological polar surface area (TPSA) is 98.2 Å². The quantitative estimate of drug-likeness (QED) is 0.207. The van der Waals surface area contributed by atoms with E-state index >= 15 is 0 Å². The number of benzene rings is 2. The molecule has 2 aromatic carbocycles. The van der Waals surface area contributed by atoms with Crippen LogP contribution in [0.4, 0.5) is 5.69 Å². The van der Waals surface area contributed by atoms with Gasteiger partial charge < -0.3 is 19.3 Å². The van der Waals surface area contributed by atoms with Crippen LogP contribution in [0, 0.1) is 0 Å². The van der Waals surface area contributed by atoms with Crippen LogP contribution in [0.25, 0.3) is 5.76 Å². The van der Waals surface area contributed by atoms with E-state index in [0.29, 0.717) is 40.8 Å². The molecule has 3 heterocycles. The fourth-order valence-corrected chi connectivity index (χ4v) is 4.36. The normalized spacial score (nSPS) is 18.0. The number of aromatic nitrogens is 1. The van der Waals surface area contributed by atoms with E-state index < -0.39 is 17.7 Å². The van der Waals surface area contributed by atoms with Crippen molar-refractivity contribution in [3.05, 3.63) is 83.7 Å². The largest absolute Gasteiger partial charge is 0.507 e. The fourth-order valence-electron chi connectivity index (χ4n) is 4.36. The minimum atomic E-state index is -0.920. The Hall–Kier alpha value is -4.33. The first kappa shape index (κ1) is 23.4. The van der Waals surface area contributed by atoms with Gasteiger partial charge in [0.2, 0.25) is 6.79 Å². The second-order valence-electron chi connectivity index (χ2n) is 8.54. The van der Waals surface area contributed by atoms with Crippen molar-refractivity contribution in [1.29, 1.82) is 0 Å². The summed E-state index contributed by atoms with van der Waals surface area (Å²) in [5.74, 6) is -0.123. The van der Waals surface area contributed by atoms with Crippen molar-refractivity contribution < 1.29 is 28.9 Å². The molecular formula is C28H26N2O6. The third-order valence-electron chi connectivity index (χ3n) is 6.19. The number of rotatable bonds is 8. The number of hydrogen-bond acceptors (Lipinski definition) is 7. The summed E-state index contributed by atoms with van der Waals surface area (Å²) in [4.78, 5) is 32.3. The van der Waals surface area contributed by atoms with E-state index in [4.69, 9.17) is 14.2 Å². The van der Waals surface area contributed by atoms with Crippen molar-refractivity contribution in [3.8, 4) is 17.2 Å². The predicted molar refractivity (Wildman–Crippen MR) is 133 cm³/mol. The molecule has 1 amide bonds. The Morgan fingerprint density at radius 2 is 1.86 bits per heavy atom. The summed E-state index contributed by atoms with van der Waals surface area (Å²) in [6, 6.07) is 16.2. The van der Waals surface area contributed by atoms with Crippen LogP contribution < -0.4 is 19.1 Å². The highest BCUT2D eigenvalue weighted by Crippen LogP contribution is 2.44. The molecule has 36 heavy (non-hydrogen) atoms. The Balaban J connectivity index is 1.53. The summed E-state index contributed by atoms with van der Waals surface area (Å²) in [6.45, 7) is 2.82. The molecule has 1 fully saturated rings. The lowest BCUT2D eigenvalue weighted by molar-refractivity contribution is -0.132. The summed E-state index contributed by atoms with van der Waals surface area (Å²) in [7, 11) is 0. The first-order valence-corrected chi connectivity index (χ1v) is 11.9. The minimum absolute atomic E-state index is 0.0343. The Morgan fingerprint density at radius 1 is 1.06 bits per heavy atom. The van der Waals surface area contributed by atoms with Gasteiger partial charge in [-0.25, -0.2) is 0 Å². The van der Waals surface area contributed by atoms with Crippen LogP contribution in [0.1, 0.15) is 43.5 Å². The Kier molecular flexibility index (Phi) is 6.58. The number of anilines is 1. The average Bonchev–Trinajstić information content (AvgIpc) is 3.49. The molecule has 3 aromatic rings. The standard InChI is InChI=1S/C28H26N2O6/c1-2-3-6-15-34-20-11-8-18(9-12-20)26(31)24-25(21-7-4-5-14-29-21)30(28(33)27(24)32)19-10-13-22-23(16-19)36-17-35-22/h4-5,7-14,16,25,31H,2-3,6,15,17H2,1H3/b26-24+. The van der Waals surface area contributed by atoms with Crippen LogP contribution >= 0.6 is 0 Å². The number of nitrogens with zero attached hydrogens (tertiary/aromatic N) is 2. The molecule has 0 saturated carbocycles. The third-order valence-corrected chi connectivity index (χ3v) is 6.19. The van der Waals surface area contributed by atoms with E-state index in [1.165, 1.54) is 4.90 Å². The second kappa shape index (κ2) is 10.1. The van der Waals surface area contributed by atoms with Gasteiger partial charge in [-0.3, -0.25) is 19.5 Å². The first-order valence-electron chi connectivity index (χ1n) is 11.9. The van der Waals surface area contributed by atoms with E-state index in [9.17, 15) is 14.7 Å². The molecule has 0 aliphatic carbocycles. The number of unbranched alkanes of at least 4 members (excludes halogenated alkanes) is 2. The van der Waals surface area contributed by atoms with Gasteiger partial charge in [0.15, 0.2) is 11.5 Å². The Morgan fingerprint density at radius 3 is 2.61 bits per heavy atom. The van der Waals surface area contributed by atoms with Crippen LogP contribution in [0.15, 0.2) is 72.4 Å². The summed E-state index contributed by atoms with van der Waals surface area (Å²) >= 11 is 0. The monoisotopic (exact) mass is 486 g/mol. The average molecular weight is 487 g/mol. The molecule has 0 bridgehead atoms. The zero-order chi connectivity index (χ0) is 25.1. The number of aliphatic hydroxyl groups is 1. The first-order chi connectivity index (χ1) is 17.6. The van der Waals surface area contributed by atoms with Gasteiger partial charge in [0.1, 0.15) is 17.6 Å². The maximum atomic E-state index is 13.3. The van der Waals surface area contributed by atoms with Crippen LogP contribution in [-0.2, 0) is 9.59 Å². The molecular weight excluding hydrogens is 460 g/mol.